The highest BCUT2D eigenvalue weighted by Crippen LogP contribution is 2.13. The highest BCUT2D eigenvalue weighted by atomic mass is 16.1. The number of amides is 1. The molecular weight excluding hydrogens is 242 g/mol. The quantitative estimate of drug-likeness (QED) is 0.811. The van der Waals surface area contributed by atoms with Crippen LogP contribution in [0, 0.1) is 0 Å². The molecule has 0 saturated carbocycles. The fourth-order valence-corrected chi connectivity index (χ4v) is 1.75. The summed E-state index contributed by atoms with van der Waals surface area (Å²) in [6.07, 6.45) is 4.16. The number of rotatable bonds is 5. The Kier molecular flexibility index (Phi) is 4.22. The van der Waals surface area contributed by atoms with Gasteiger partial charge >= 0.3 is 0 Å². The number of hydrogen-bond donors (Lipinski definition) is 1. The van der Waals surface area contributed by atoms with Crippen LogP contribution < -0.4 is 10.2 Å². The highest BCUT2D eigenvalue weighted by Gasteiger charge is 2.04. The molecule has 0 saturated heterocycles. The molecule has 0 bridgehead atoms. The first-order valence-corrected chi connectivity index (χ1v) is 6.20. The van der Waals surface area contributed by atoms with Gasteiger partial charge in [-0.15, -0.1) is 0 Å². The van der Waals surface area contributed by atoms with Crippen molar-refractivity contribution in [3.8, 4) is 0 Å². The smallest absolute Gasteiger partial charge is 0.216 e. The highest BCUT2D eigenvalue weighted by molar-refractivity contribution is 5.72. The van der Waals surface area contributed by atoms with Gasteiger partial charge in [-0.05, 0) is 18.6 Å². The van der Waals surface area contributed by atoms with E-state index in [0.29, 0.717) is 12.2 Å². The molecule has 2 aromatic rings. The number of anilines is 1. The lowest BCUT2D eigenvalue weighted by atomic mass is 10.3. The van der Waals surface area contributed by atoms with Gasteiger partial charge in [0, 0.05) is 39.5 Å². The molecule has 0 radical (unpaired) electrons. The molecule has 6 nitrogen and oxygen atoms in total. The lowest BCUT2D eigenvalue weighted by Crippen LogP contribution is -2.26. The molecule has 0 aromatic carbocycles. The molecule has 0 spiro atoms. The third kappa shape index (κ3) is 3.61. The molecule has 0 atom stereocenters. The largest absolute Gasteiger partial charge is 0.360 e. The topological polar surface area (TPSA) is 71.0 Å². The molecule has 0 fully saturated rings. The summed E-state index contributed by atoms with van der Waals surface area (Å²) in [6.45, 7) is 3.01. The number of nitrogens with one attached hydrogen (secondary N) is 1. The van der Waals surface area contributed by atoms with Gasteiger partial charge in [0.15, 0.2) is 5.65 Å². The minimum Gasteiger partial charge on any atom is -0.360 e. The number of carbonyl (C=O) groups is 1. The number of pyridine rings is 1. The summed E-state index contributed by atoms with van der Waals surface area (Å²) >= 11 is 0. The normalized spacial score (nSPS) is 10.4. The van der Waals surface area contributed by atoms with Gasteiger partial charge in [0.05, 0.1) is 0 Å². The average molecular weight is 259 g/mol. The van der Waals surface area contributed by atoms with E-state index in [9.17, 15) is 4.79 Å². The predicted octanol–water partition coefficient (Wildman–Crippen LogP) is 0.987. The maximum atomic E-state index is 10.8. The van der Waals surface area contributed by atoms with Crippen LogP contribution in [-0.4, -0.2) is 41.0 Å². The zero-order chi connectivity index (χ0) is 13.7. The van der Waals surface area contributed by atoms with Crippen LogP contribution in [-0.2, 0) is 4.79 Å². The minimum atomic E-state index is 0.00163. The molecule has 19 heavy (non-hydrogen) atoms. The van der Waals surface area contributed by atoms with Gasteiger partial charge in [0.1, 0.15) is 11.3 Å². The third-order valence-corrected chi connectivity index (χ3v) is 2.75. The van der Waals surface area contributed by atoms with Crippen LogP contribution in [0.5, 0.6) is 0 Å². The van der Waals surface area contributed by atoms with Crippen molar-refractivity contribution in [2.45, 2.75) is 13.3 Å². The fourth-order valence-electron chi connectivity index (χ4n) is 1.75. The number of nitrogens with zero attached hydrogens (tertiary/aromatic N) is 4. The van der Waals surface area contributed by atoms with E-state index in [0.717, 1.165) is 24.3 Å². The Hall–Kier alpha value is -2.24. The molecule has 1 amide bonds. The lowest BCUT2D eigenvalue weighted by molar-refractivity contribution is -0.118. The Balaban J connectivity index is 1.97. The Morgan fingerprint density at radius 3 is 2.89 bits per heavy atom. The standard InChI is InChI=1S/C13H17N5O/c1-10(19)14-6-3-9-18(2)12-5-4-11-13(17-12)16-8-7-15-11/h4-5,7-8H,3,6,9H2,1-2H3,(H,14,19). The Bertz CT molecular complexity index is 572. The fraction of sp³-hybridized carbons (Fsp3) is 0.385. The molecule has 1 N–H and O–H groups in total. The molecule has 2 aromatic heterocycles. The number of hydrogen-bond acceptors (Lipinski definition) is 5. The number of fused-ring (bicyclic) bond motifs is 1. The van der Waals surface area contributed by atoms with E-state index in [4.69, 9.17) is 0 Å². The van der Waals surface area contributed by atoms with Crippen molar-refractivity contribution in [1.29, 1.82) is 0 Å². The van der Waals surface area contributed by atoms with Gasteiger partial charge in [-0.25, -0.2) is 9.97 Å². The van der Waals surface area contributed by atoms with Crippen LogP contribution in [0.4, 0.5) is 5.82 Å². The van der Waals surface area contributed by atoms with Crippen molar-refractivity contribution in [1.82, 2.24) is 20.3 Å². The van der Waals surface area contributed by atoms with Gasteiger partial charge in [-0.2, -0.15) is 0 Å². The van der Waals surface area contributed by atoms with Crippen molar-refractivity contribution >= 4 is 22.9 Å². The van der Waals surface area contributed by atoms with Crippen LogP contribution in [0.1, 0.15) is 13.3 Å². The van der Waals surface area contributed by atoms with Crippen molar-refractivity contribution < 1.29 is 4.79 Å². The second-order valence-electron chi connectivity index (χ2n) is 4.33. The van der Waals surface area contributed by atoms with E-state index in [-0.39, 0.29) is 5.91 Å². The van der Waals surface area contributed by atoms with Crippen molar-refractivity contribution in [2.24, 2.45) is 0 Å². The molecule has 2 heterocycles. The molecule has 0 aliphatic rings. The molecule has 100 valence electrons. The van der Waals surface area contributed by atoms with Crippen LogP contribution >= 0.6 is 0 Å². The van der Waals surface area contributed by atoms with Gasteiger partial charge in [0.25, 0.3) is 0 Å². The maximum absolute atomic E-state index is 10.8. The third-order valence-electron chi connectivity index (χ3n) is 2.75. The SMILES string of the molecule is CC(=O)NCCCN(C)c1ccc2nccnc2n1. The minimum absolute atomic E-state index is 0.00163. The van der Waals surface area contributed by atoms with Crippen molar-refractivity contribution in [3.63, 3.8) is 0 Å². The molecule has 2 rings (SSSR count). The second-order valence-corrected chi connectivity index (χ2v) is 4.33. The van der Waals surface area contributed by atoms with Crippen LogP contribution in [0.2, 0.25) is 0 Å². The van der Waals surface area contributed by atoms with E-state index < -0.39 is 0 Å². The van der Waals surface area contributed by atoms with E-state index in [1.165, 1.54) is 6.92 Å². The lowest BCUT2D eigenvalue weighted by Gasteiger charge is -2.18. The molecule has 0 aliphatic carbocycles. The van der Waals surface area contributed by atoms with Crippen molar-refractivity contribution in [3.05, 3.63) is 24.5 Å². The summed E-state index contributed by atoms with van der Waals surface area (Å²) in [5.41, 5.74) is 1.44. The van der Waals surface area contributed by atoms with Gasteiger partial charge < -0.3 is 10.2 Å². The van der Waals surface area contributed by atoms with Crippen molar-refractivity contribution in [2.75, 3.05) is 25.0 Å². The second kappa shape index (κ2) is 6.08. The molecule has 6 heteroatoms. The first-order chi connectivity index (χ1) is 9.16. The summed E-state index contributed by atoms with van der Waals surface area (Å²) in [4.78, 5) is 25.6. The van der Waals surface area contributed by atoms with E-state index in [2.05, 4.69) is 20.3 Å². The first kappa shape index (κ1) is 13.2. The zero-order valence-electron chi connectivity index (χ0n) is 11.1. The summed E-state index contributed by atoms with van der Waals surface area (Å²) in [6, 6.07) is 3.84. The number of aromatic nitrogens is 3. The summed E-state index contributed by atoms with van der Waals surface area (Å²) in [5.74, 6) is 0.859. The number of carbonyl (C=O) groups excluding carboxylic acids is 1. The van der Waals surface area contributed by atoms with E-state index in [1.54, 1.807) is 12.4 Å². The molecule has 0 unspecified atom stereocenters. The van der Waals surface area contributed by atoms with Gasteiger partial charge in [-0.3, -0.25) is 9.78 Å². The summed E-state index contributed by atoms with van der Waals surface area (Å²) in [5, 5.41) is 2.77. The Morgan fingerprint density at radius 1 is 1.32 bits per heavy atom. The molecule has 0 aliphatic heterocycles. The summed E-state index contributed by atoms with van der Waals surface area (Å²) in [7, 11) is 1.97. The van der Waals surface area contributed by atoms with Gasteiger partial charge in [-0.1, -0.05) is 0 Å². The maximum Gasteiger partial charge on any atom is 0.216 e. The van der Waals surface area contributed by atoms with Crippen LogP contribution in [0.15, 0.2) is 24.5 Å². The average Bonchev–Trinajstić information content (AvgIpc) is 2.42. The van der Waals surface area contributed by atoms with Crippen LogP contribution in [0.3, 0.4) is 0 Å². The zero-order valence-corrected chi connectivity index (χ0v) is 11.1. The van der Waals surface area contributed by atoms with E-state index >= 15 is 0 Å². The van der Waals surface area contributed by atoms with Crippen LogP contribution in [0.25, 0.3) is 11.2 Å². The first-order valence-electron chi connectivity index (χ1n) is 6.20. The molecular formula is C13H17N5O. The van der Waals surface area contributed by atoms with E-state index in [1.807, 2.05) is 24.1 Å². The predicted molar refractivity (Wildman–Crippen MR) is 73.9 cm³/mol. The van der Waals surface area contributed by atoms with Gasteiger partial charge in [0.2, 0.25) is 5.91 Å². The monoisotopic (exact) mass is 259 g/mol. The Labute approximate surface area is 111 Å². The summed E-state index contributed by atoms with van der Waals surface area (Å²) < 4.78 is 0. The Morgan fingerprint density at radius 2 is 2.11 bits per heavy atom.